The van der Waals surface area contributed by atoms with Gasteiger partial charge in [0.2, 0.25) is 5.56 Å². The summed E-state index contributed by atoms with van der Waals surface area (Å²) in [6.45, 7) is 0.814. The summed E-state index contributed by atoms with van der Waals surface area (Å²) in [7, 11) is 0. The lowest BCUT2D eigenvalue weighted by Crippen LogP contribution is -2.06. The van der Waals surface area contributed by atoms with Crippen LogP contribution in [0.15, 0.2) is 78.2 Å². The van der Waals surface area contributed by atoms with Crippen molar-refractivity contribution < 1.29 is 24.5 Å². The van der Waals surface area contributed by atoms with Gasteiger partial charge in [0.05, 0.1) is 12.9 Å². The SMILES string of the molecule is O=CO.O=CO.O=c1ccc(-c2ccc(OCCn3ccnc3)c3ccccc23)c[nH]1. The van der Waals surface area contributed by atoms with Gasteiger partial charge in [0.25, 0.3) is 12.9 Å². The Balaban J connectivity index is 0.000000513. The van der Waals surface area contributed by atoms with Crippen LogP contribution in [0.2, 0.25) is 0 Å². The van der Waals surface area contributed by atoms with Gasteiger partial charge in [0.15, 0.2) is 0 Å². The number of nitrogens with zero attached hydrogens (tertiary/aromatic N) is 2. The van der Waals surface area contributed by atoms with Crippen molar-refractivity contribution in [1.82, 2.24) is 14.5 Å². The van der Waals surface area contributed by atoms with Gasteiger partial charge < -0.3 is 24.5 Å². The highest BCUT2D eigenvalue weighted by Gasteiger charge is 2.08. The number of rotatable bonds is 5. The Hall–Kier alpha value is -4.40. The monoisotopic (exact) mass is 423 g/mol. The highest BCUT2D eigenvalue weighted by Crippen LogP contribution is 2.33. The lowest BCUT2D eigenvalue weighted by atomic mass is 9.99. The smallest absolute Gasteiger partial charge is 0.290 e. The summed E-state index contributed by atoms with van der Waals surface area (Å²) in [6, 6.07) is 15.5. The van der Waals surface area contributed by atoms with E-state index >= 15 is 0 Å². The molecule has 31 heavy (non-hydrogen) atoms. The van der Waals surface area contributed by atoms with Crippen LogP contribution in [-0.4, -0.2) is 44.3 Å². The maximum absolute atomic E-state index is 11.3. The first kappa shape index (κ1) is 22.9. The van der Waals surface area contributed by atoms with Gasteiger partial charge in [0, 0.05) is 30.0 Å². The van der Waals surface area contributed by atoms with Crippen molar-refractivity contribution in [2.45, 2.75) is 6.54 Å². The van der Waals surface area contributed by atoms with Crippen LogP contribution in [0.4, 0.5) is 0 Å². The third-order valence-corrected chi connectivity index (χ3v) is 4.15. The van der Waals surface area contributed by atoms with Gasteiger partial charge in [0.1, 0.15) is 12.4 Å². The van der Waals surface area contributed by atoms with Crippen LogP contribution in [-0.2, 0) is 16.1 Å². The van der Waals surface area contributed by atoms with E-state index in [0.717, 1.165) is 34.2 Å². The number of imidazole rings is 1. The molecule has 2 heterocycles. The molecular weight excluding hydrogens is 402 g/mol. The van der Waals surface area contributed by atoms with Crippen molar-refractivity contribution in [3.63, 3.8) is 0 Å². The van der Waals surface area contributed by atoms with Crippen molar-refractivity contribution in [3.05, 3.63) is 83.8 Å². The average Bonchev–Trinajstić information content (AvgIpc) is 3.29. The molecule has 0 aliphatic rings. The summed E-state index contributed by atoms with van der Waals surface area (Å²) in [6.07, 6.45) is 7.19. The fourth-order valence-corrected chi connectivity index (χ4v) is 2.91. The van der Waals surface area contributed by atoms with Crippen molar-refractivity contribution in [1.29, 1.82) is 0 Å². The van der Waals surface area contributed by atoms with Gasteiger partial charge in [-0.15, -0.1) is 0 Å². The molecule has 2 aromatic carbocycles. The van der Waals surface area contributed by atoms with E-state index in [2.05, 4.69) is 22.1 Å². The van der Waals surface area contributed by atoms with Gasteiger partial charge in [-0.2, -0.15) is 0 Å². The third kappa shape index (κ3) is 6.57. The fraction of sp³-hybridized carbons (Fsp3) is 0.0909. The normalized spacial score (nSPS) is 9.55. The van der Waals surface area contributed by atoms with Crippen molar-refractivity contribution in [2.24, 2.45) is 0 Å². The lowest BCUT2D eigenvalue weighted by Gasteiger charge is -2.13. The van der Waals surface area contributed by atoms with E-state index < -0.39 is 0 Å². The van der Waals surface area contributed by atoms with E-state index in [1.54, 1.807) is 24.8 Å². The Kier molecular flexibility index (Phi) is 9.02. The first-order valence-corrected chi connectivity index (χ1v) is 9.09. The zero-order valence-electron chi connectivity index (χ0n) is 16.4. The molecule has 4 aromatic rings. The number of H-pyrrole nitrogens is 1. The zero-order chi connectivity index (χ0) is 22.5. The van der Waals surface area contributed by atoms with Gasteiger partial charge in [-0.25, -0.2) is 4.98 Å². The predicted octanol–water partition coefficient (Wildman–Crippen LogP) is 2.87. The molecule has 0 unspecified atom stereocenters. The van der Waals surface area contributed by atoms with Crippen LogP contribution in [0, 0.1) is 0 Å². The maximum atomic E-state index is 11.3. The van der Waals surface area contributed by atoms with Gasteiger partial charge in [-0.1, -0.05) is 24.3 Å². The third-order valence-electron chi connectivity index (χ3n) is 4.15. The molecule has 0 saturated heterocycles. The van der Waals surface area contributed by atoms with Crippen LogP contribution >= 0.6 is 0 Å². The van der Waals surface area contributed by atoms with Crippen molar-refractivity contribution in [3.8, 4) is 16.9 Å². The maximum Gasteiger partial charge on any atom is 0.290 e. The largest absolute Gasteiger partial charge is 0.491 e. The Bertz CT molecular complexity index is 1130. The Labute approximate surface area is 177 Å². The molecule has 0 atom stereocenters. The highest BCUT2D eigenvalue weighted by molar-refractivity contribution is 5.99. The minimum atomic E-state index is -0.250. The molecule has 0 amide bonds. The second-order valence-corrected chi connectivity index (χ2v) is 5.96. The number of benzene rings is 2. The summed E-state index contributed by atoms with van der Waals surface area (Å²) in [5, 5.41) is 15.9. The van der Waals surface area contributed by atoms with E-state index in [1.807, 2.05) is 41.1 Å². The van der Waals surface area contributed by atoms with Crippen LogP contribution in [0.5, 0.6) is 5.75 Å². The molecule has 0 radical (unpaired) electrons. The Morgan fingerprint density at radius 1 is 1.00 bits per heavy atom. The van der Waals surface area contributed by atoms with Crippen LogP contribution in [0.25, 0.3) is 21.9 Å². The van der Waals surface area contributed by atoms with E-state index in [0.29, 0.717) is 6.61 Å². The number of aromatic amines is 1. The number of pyridine rings is 1. The predicted molar refractivity (Wildman–Crippen MR) is 115 cm³/mol. The van der Waals surface area contributed by atoms with E-state index in [1.165, 1.54) is 0 Å². The Morgan fingerprint density at radius 2 is 1.71 bits per heavy atom. The number of fused-ring (bicyclic) bond motifs is 1. The summed E-state index contributed by atoms with van der Waals surface area (Å²) in [4.78, 5) is 34.8. The van der Waals surface area contributed by atoms with E-state index in [9.17, 15) is 4.79 Å². The average molecular weight is 423 g/mol. The molecule has 4 rings (SSSR count). The molecule has 0 spiro atoms. The number of carbonyl (C=O) groups is 2. The second-order valence-electron chi connectivity index (χ2n) is 5.96. The van der Waals surface area contributed by atoms with Crippen molar-refractivity contribution >= 4 is 23.7 Å². The molecule has 3 N–H and O–H groups in total. The number of carboxylic acid groups (broad SMARTS) is 2. The number of hydrogen-bond acceptors (Lipinski definition) is 5. The van der Waals surface area contributed by atoms with Gasteiger partial charge in [-0.05, 0) is 34.7 Å². The van der Waals surface area contributed by atoms with Gasteiger partial charge in [-0.3, -0.25) is 14.4 Å². The van der Waals surface area contributed by atoms with Crippen LogP contribution in [0.1, 0.15) is 0 Å². The minimum absolute atomic E-state index is 0.104. The number of nitrogens with one attached hydrogen (secondary N) is 1. The molecule has 0 saturated carbocycles. The molecule has 0 aliphatic carbocycles. The molecule has 0 bridgehead atoms. The summed E-state index contributed by atoms with van der Waals surface area (Å²) >= 11 is 0. The first-order valence-electron chi connectivity index (χ1n) is 9.09. The quantitative estimate of drug-likeness (QED) is 0.420. The standard InChI is InChI=1S/C20H17N3O2.2CH2O2/c24-20-8-5-15(13-22-20)16-6-7-19(18-4-2-1-3-17(16)18)25-12-11-23-10-9-21-14-23;2*2-1-3/h1-10,13-14H,11-12H2,(H,22,24);2*1H,(H,2,3). The molecule has 9 nitrogen and oxygen atoms in total. The molecule has 160 valence electrons. The molecule has 2 aromatic heterocycles. The zero-order valence-corrected chi connectivity index (χ0v) is 16.4. The fourth-order valence-electron chi connectivity index (χ4n) is 2.91. The first-order chi connectivity index (χ1) is 15.1. The molecule has 9 heteroatoms. The minimum Gasteiger partial charge on any atom is -0.491 e. The summed E-state index contributed by atoms with van der Waals surface area (Å²) in [5.74, 6) is 0.851. The Morgan fingerprint density at radius 3 is 2.32 bits per heavy atom. The summed E-state index contributed by atoms with van der Waals surface area (Å²) in [5.41, 5.74) is 1.93. The lowest BCUT2D eigenvalue weighted by molar-refractivity contribution is -0.123. The second kappa shape index (κ2) is 12.2. The number of ether oxygens (including phenoxy) is 1. The van der Waals surface area contributed by atoms with E-state index in [-0.39, 0.29) is 18.5 Å². The topological polar surface area (TPSA) is 135 Å². The van der Waals surface area contributed by atoms with E-state index in [4.69, 9.17) is 24.5 Å². The molecule has 0 aliphatic heterocycles. The van der Waals surface area contributed by atoms with Crippen molar-refractivity contribution in [2.75, 3.05) is 6.61 Å². The van der Waals surface area contributed by atoms with Crippen LogP contribution in [0.3, 0.4) is 0 Å². The molecule has 0 fully saturated rings. The highest BCUT2D eigenvalue weighted by atomic mass is 16.5. The number of aromatic nitrogens is 3. The van der Waals surface area contributed by atoms with Gasteiger partial charge >= 0.3 is 0 Å². The number of hydrogen-bond donors (Lipinski definition) is 3. The summed E-state index contributed by atoms with van der Waals surface area (Å²) < 4.78 is 7.98. The molecular formula is C22H21N3O6. The van der Waals surface area contributed by atoms with Crippen LogP contribution < -0.4 is 10.3 Å².